The Labute approximate surface area is 98.8 Å². The standard InChI is InChI=1S/C12H15NO2S/c1-7-13-10(6-16-7)12(14)15-11-5-8-2-3-9(11)4-8/h6,8-9,11H,2-5H2,1H3. The Morgan fingerprint density at radius 3 is 2.94 bits per heavy atom. The first-order valence-electron chi connectivity index (χ1n) is 5.85. The Balaban J connectivity index is 1.65. The lowest BCUT2D eigenvalue weighted by molar-refractivity contribution is 0.0153. The summed E-state index contributed by atoms with van der Waals surface area (Å²) in [6, 6.07) is 0. The van der Waals surface area contributed by atoms with Crippen molar-refractivity contribution in [3.63, 3.8) is 0 Å². The summed E-state index contributed by atoms with van der Waals surface area (Å²) in [5.74, 6) is 1.19. The zero-order valence-corrected chi connectivity index (χ0v) is 10.1. The molecule has 0 saturated heterocycles. The molecular weight excluding hydrogens is 222 g/mol. The molecule has 1 aromatic rings. The molecule has 3 nitrogen and oxygen atoms in total. The number of aromatic nitrogens is 1. The number of rotatable bonds is 2. The summed E-state index contributed by atoms with van der Waals surface area (Å²) < 4.78 is 5.55. The lowest BCUT2D eigenvalue weighted by Gasteiger charge is -2.21. The molecule has 0 N–H and O–H groups in total. The van der Waals surface area contributed by atoms with E-state index in [1.54, 1.807) is 5.38 Å². The van der Waals surface area contributed by atoms with Gasteiger partial charge >= 0.3 is 5.97 Å². The highest BCUT2D eigenvalue weighted by Crippen LogP contribution is 2.46. The van der Waals surface area contributed by atoms with Crippen LogP contribution in [0.4, 0.5) is 0 Å². The average Bonchev–Trinajstić information content (AvgIpc) is 2.92. The predicted molar refractivity (Wildman–Crippen MR) is 61.5 cm³/mol. The molecule has 2 aliphatic carbocycles. The van der Waals surface area contributed by atoms with E-state index in [0.717, 1.165) is 17.3 Å². The van der Waals surface area contributed by atoms with Crippen LogP contribution in [0.1, 0.15) is 41.2 Å². The Bertz CT molecular complexity index is 415. The van der Waals surface area contributed by atoms with Crippen molar-refractivity contribution < 1.29 is 9.53 Å². The number of hydrogen-bond acceptors (Lipinski definition) is 4. The number of fused-ring (bicyclic) bond motifs is 2. The maximum absolute atomic E-state index is 11.8. The number of carbonyl (C=O) groups excluding carboxylic acids is 1. The molecule has 1 aromatic heterocycles. The minimum atomic E-state index is -0.234. The van der Waals surface area contributed by atoms with Crippen molar-refractivity contribution in [1.29, 1.82) is 0 Å². The van der Waals surface area contributed by atoms with Gasteiger partial charge in [0.05, 0.1) is 5.01 Å². The molecule has 0 spiro atoms. The average molecular weight is 237 g/mol. The molecule has 2 fully saturated rings. The van der Waals surface area contributed by atoms with Crippen LogP contribution in [0.5, 0.6) is 0 Å². The summed E-state index contributed by atoms with van der Waals surface area (Å²) in [5.41, 5.74) is 0.477. The summed E-state index contributed by atoms with van der Waals surface area (Å²) in [4.78, 5) is 16.0. The molecule has 2 saturated carbocycles. The molecule has 4 heteroatoms. The monoisotopic (exact) mass is 237 g/mol. The van der Waals surface area contributed by atoms with Gasteiger partial charge in [0, 0.05) is 5.38 Å². The van der Waals surface area contributed by atoms with E-state index in [-0.39, 0.29) is 12.1 Å². The molecule has 0 amide bonds. The first-order valence-corrected chi connectivity index (χ1v) is 6.73. The summed E-state index contributed by atoms with van der Waals surface area (Å²) >= 11 is 1.49. The van der Waals surface area contributed by atoms with Crippen molar-refractivity contribution in [3.05, 3.63) is 16.1 Å². The van der Waals surface area contributed by atoms with Crippen molar-refractivity contribution in [2.75, 3.05) is 0 Å². The number of ether oxygens (including phenoxy) is 1. The van der Waals surface area contributed by atoms with Crippen LogP contribution in [0.2, 0.25) is 0 Å². The van der Waals surface area contributed by atoms with Crippen molar-refractivity contribution in [3.8, 4) is 0 Å². The summed E-state index contributed by atoms with van der Waals surface area (Å²) in [6.07, 6.45) is 5.05. The Hall–Kier alpha value is -0.900. The summed E-state index contributed by atoms with van der Waals surface area (Å²) in [6.45, 7) is 1.90. The number of aryl methyl sites for hydroxylation is 1. The lowest BCUT2D eigenvalue weighted by Crippen LogP contribution is -2.24. The van der Waals surface area contributed by atoms with E-state index in [4.69, 9.17) is 4.74 Å². The van der Waals surface area contributed by atoms with Crippen LogP contribution in [0.15, 0.2) is 5.38 Å². The van der Waals surface area contributed by atoms with E-state index < -0.39 is 0 Å². The van der Waals surface area contributed by atoms with E-state index in [2.05, 4.69) is 4.98 Å². The smallest absolute Gasteiger partial charge is 0.358 e. The van der Waals surface area contributed by atoms with E-state index in [9.17, 15) is 4.79 Å². The quantitative estimate of drug-likeness (QED) is 0.742. The van der Waals surface area contributed by atoms with Gasteiger partial charge in [0.25, 0.3) is 0 Å². The third kappa shape index (κ3) is 1.75. The van der Waals surface area contributed by atoms with Gasteiger partial charge in [-0.1, -0.05) is 0 Å². The van der Waals surface area contributed by atoms with E-state index in [0.29, 0.717) is 11.6 Å². The molecule has 3 atom stereocenters. The van der Waals surface area contributed by atoms with Gasteiger partial charge in [-0.2, -0.15) is 0 Å². The highest BCUT2D eigenvalue weighted by Gasteiger charge is 2.41. The number of carbonyl (C=O) groups is 1. The van der Waals surface area contributed by atoms with Gasteiger partial charge in [-0.15, -0.1) is 11.3 Å². The number of nitrogens with zero attached hydrogens (tertiary/aromatic N) is 1. The van der Waals surface area contributed by atoms with E-state index in [1.165, 1.54) is 30.6 Å². The fraction of sp³-hybridized carbons (Fsp3) is 0.667. The van der Waals surface area contributed by atoms with Crippen LogP contribution >= 0.6 is 11.3 Å². The van der Waals surface area contributed by atoms with Crippen molar-refractivity contribution in [1.82, 2.24) is 4.98 Å². The lowest BCUT2D eigenvalue weighted by atomic mass is 9.98. The van der Waals surface area contributed by atoms with Crippen molar-refractivity contribution >= 4 is 17.3 Å². The Morgan fingerprint density at radius 2 is 2.38 bits per heavy atom. The highest BCUT2D eigenvalue weighted by atomic mass is 32.1. The van der Waals surface area contributed by atoms with Crippen LogP contribution in [0.25, 0.3) is 0 Å². The van der Waals surface area contributed by atoms with Gasteiger partial charge in [0.15, 0.2) is 5.69 Å². The predicted octanol–water partition coefficient (Wildman–Crippen LogP) is 2.80. The molecule has 3 rings (SSSR count). The van der Waals surface area contributed by atoms with Crippen LogP contribution in [0.3, 0.4) is 0 Å². The number of esters is 1. The SMILES string of the molecule is Cc1nc(C(=O)OC2CC3CCC2C3)cs1. The van der Waals surface area contributed by atoms with Crippen molar-refractivity contribution in [2.24, 2.45) is 11.8 Å². The summed E-state index contributed by atoms with van der Waals surface area (Å²) in [7, 11) is 0. The minimum Gasteiger partial charge on any atom is -0.457 e. The van der Waals surface area contributed by atoms with Crippen LogP contribution in [-0.2, 0) is 4.74 Å². The van der Waals surface area contributed by atoms with Gasteiger partial charge in [-0.3, -0.25) is 0 Å². The third-order valence-corrected chi connectivity index (χ3v) is 4.53. The number of thiazole rings is 1. The maximum atomic E-state index is 11.8. The molecular formula is C12H15NO2S. The minimum absolute atomic E-state index is 0.160. The zero-order valence-electron chi connectivity index (χ0n) is 9.31. The Morgan fingerprint density at radius 1 is 1.50 bits per heavy atom. The van der Waals surface area contributed by atoms with Gasteiger partial charge in [0.1, 0.15) is 6.10 Å². The first-order chi connectivity index (χ1) is 7.72. The van der Waals surface area contributed by atoms with Crippen molar-refractivity contribution in [2.45, 2.75) is 38.7 Å². The molecule has 2 aliphatic rings. The second-order valence-electron chi connectivity index (χ2n) is 4.87. The molecule has 1 heterocycles. The summed E-state index contributed by atoms with van der Waals surface area (Å²) in [5, 5.41) is 2.70. The maximum Gasteiger partial charge on any atom is 0.358 e. The van der Waals surface area contributed by atoms with Gasteiger partial charge in [0.2, 0.25) is 0 Å². The molecule has 16 heavy (non-hydrogen) atoms. The van der Waals surface area contributed by atoms with Crippen LogP contribution < -0.4 is 0 Å². The normalized spacial score (nSPS) is 31.9. The first kappa shape index (κ1) is 10.3. The molecule has 3 unspecified atom stereocenters. The van der Waals surface area contributed by atoms with Gasteiger partial charge < -0.3 is 4.74 Å². The topological polar surface area (TPSA) is 39.2 Å². The zero-order chi connectivity index (χ0) is 11.1. The second-order valence-corrected chi connectivity index (χ2v) is 5.93. The van der Waals surface area contributed by atoms with Crippen LogP contribution in [-0.4, -0.2) is 17.1 Å². The number of hydrogen-bond donors (Lipinski definition) is 0. The highest BCUT2D eigenvalue weighted by molar-refractivity contribution is 7.09. The second kappa shape index (κ2) is 3.84. The molecule has 0 aliphatic heterocycles. The fourth-order valence-electron chi connectivity index (χ4n) is 2.99. The molecule has 86 valence electrons. The third-order valence-electron chi connectivity index (χ3n) is 3.76. The molecule has 0 radical (unpaired) electrons. The van der Waals surface area contributed by atoms with Gasteiger partial charge in [-0.25, -0.2) is 9.78 Å². The largest absolute Gasteiger partial charge is 0.457 e. The van der Waals surface area contributed by atoms with E-state index >= 15 is 0 Å². The molecule has 0 aromatic carbocycles. The van der Waals surface area contributed by atoms with Gasteiger partial charge in [-0.05, 0) is 44.4 Å². The van der Waals surface area contributed by atoms with E-state index in [1.807, 2.05) is 6.92 Å². The fourth-order valence-corrected chi connectivity index (χ4v) is 3.57. The molecule has 2 bridgehead atoms. The van der Waals surface area contributed by atoms with Crippen LogP contribution in [0, 0.1) is 18.8 Å². The Kier molecular flexibility index (Phi) is 2.46.